The molecule has 2 rings (SSSR count). The molecule has 3 nitrogen and oxygen atoms in total. The van der Waals surface area contributed by atoms with Gasteiger partial charge in [-0.15, -0.1) is 0 Å². The zero-order valence-electron chi connectivity index (χ0n) is 11.5. The van der Waals surface area contributed by atoms with E-state index in [0.717, 1.165) is 16.8 Å². The van der Waals surface area contributed by atoms with E-state index in [4.69, 9.17) is 5.73 Å². The minimum absolute atomic E-state index is 0.0973. The maximum Gasteiger partial charge on any atom is 0.0644 e. The van der Waals surface area contributed by atoms with E-state index >= 15 is 0 Å². The number of hydrogen-bond donors (Lipinski definition) is 1. The summed E-state index contributed by atoms with van der Waals surface area (Å²) in [6.07, 6.45) is 2.00. The van der Waals surface area contributed by atoms with E-state index in [1.54, 1.807) is 0 Å². The third kappa shape index (κ3) is 2.46. The fraction of sp³-hybridized carbons (Fsp3) is 0.400. The standard InChI is InChI=1S/C15H21N3/c1-10(2)12-5-7-13(8-6-12)15(16)14-9-18(4)17-11(14)3/h5-10,15H,16H2,1-4H3. The first-order chi connectivity index (χ1) is 8.49. The Kier molecular flexibility index (Phi) is 3.53. The molecule has 18 heavy (non-hydrogen) atoms. The van der Waals surface area contributed by atoms with E-state index in [9.17, 15) is 0 Å². The molecule has 3 heteroatoms. The molecule has 0 bridgehead atoms. The topological polar surface area (TPSA) is 43.8 Å². The van der Waals surface area contributed by atoms with Gasteiger partial charge in [0.05, 0.1) is 11.7 Å². The van der Waals surface area contributed by atoms with Crippen LogP contribution >= 0.6 is 0 Å². The SMILES string of the molecule is Cc1nn(C)cc1C(N)c1ccc(C(C)C)cc1. The summed E-state index contributed by atoms with van der Waals surface area (Å²) in [6, 6.07) is 8.45. The molecule has 0 saturated carbocycles. The summed E-state index contributed by atoms with van der Waals surface area (Å²) in [5, 5.41) is 4.34. The van der Waals surface area contributed by atoms with Crippen molar-refractivity contribution in [2.75, 3.05) is 0 Å². The van der Waals surface area contributed by atoms with Gasteiger partial charge in [-0.2, -0.15) is 5.10 Å². The Balaban J connectivity index is 2.28. The molecule has 0 spiro atoms. The van der Waals surface area contributed by atoms with E-state index in [-0.39, 0.29) is 6.04 Å². The Morgan fingerprint density at radius 1 is 1.11 bits per heavy atom. The van der Waals surface area contributed by atoms with Crippen molar-refractivity contribution < 1.29 is 0 Å². The van der Waals surface area contributed by atoms with Gasteiger partial charge in [0, 0.05) is 18.8 Å². The van der Waals surface area contributed by atoms with Crippen LogP contribution in [0.3, 0.4) is 0 Å². The Morgan fingerprint density at radius 2 is 1.67 bits per heavy atom. The molecule has 1 aromatic heterocycles. The maximum absolute atomic E-state index is 6.30. The summed E-state index contributed by atoms with van der Waals surface area (Å²) in [5.41, 5.74) is 10.9. The zero-order chi connectivity index (χ0) is 13.3. The molecule has 1 heterocycles. The number of benzene rings is 1. The summed E-state index contributed by atoms with van der Waals surface area (Å²) >= 11 is 0. The molecule has 96 valence electrons. The normalized spacial score (nSPS) is 13.0. The van der Waals surface area contributed by atoms with E-state index in [2.05, 4.69) is 43.2 Å². The molecule has 0 aliphatic heterocycles. The second-order valence-electron chi connectivity index (χ2n) is 5.14. The van der Waals surface area contributed by atoms with Crippen LogP contribution in [0.4, 0.5) is 0 Å². The first-order valence-electron chi connectivity index (χ1n) is 6.34. The van der Waals surface area contributed by atoms with Crippen molar-refractivity contribution >= 4 is 0 Å². The first kappa shape index (κ1) is 12.8. The number of rotatable bonds is 3. The molecule has 1 atom stereocenters. The van der Waals surface area contributed by atoms with Gasteiger partial charge in [0.15, 0.2) is 0 Å². The number of aryl methyl sites for hydroxylation is 2. The van der Waals surface area contributed by atoms with Gasteiger partial charge in [-0.3, -0.25) is 4.68 Å². The summed E-state index contributed by atoms with van der Waals surface area (Å²) in [5.74, 6) is 0.551. The largest absolute Gasteiger partial charge is 0.320 e. The maximum atomic E-state index is 6.30. The molecule has 0 aliphatic carbocycles. The van der Waals surface area contributed by atoms with E-state index in [1.807, 2.05) is 24.9 Å². The average molecular weight is 243 g/mol. The monoisotopic (exact) mass is 243 g/mol. The quantitative estimate of drug-likeness (QED) is 0.900. The fourth-order valence-corrected chi connectivity index (χ4v) is 2.19. The summed E-state index contributed by atoms with van der Waals surface area (Å²) in [6.45, 7) is 6.39. The number of nitrogens with two attached hydrogens (primary N) is 1. The van der Waals surface area contributed by atoms with Crippen molar-refractivity contribution in [3.63, 3.8) is 0 Å². The summed E-state index contributed by atoms with van der Waals surface area (Å²) < 4.78 is 1.81. The highest BCUT2D eigenvalue weighted by Gasteiger charge is 2.14. The fourth-order valence-electron chi connectivity index (χ4n) is 2.19. The number of hydrogen-bond acceptors (Lipinski definition) is 2. The molecule has 1 aromatic carbocycles. The Labute approximate surface area is 109 Å². The van der Waals surface area contributed by atoms with E-state index < -0.39 is 0 Å². The Bertz CT molecular complexity index is 523. The average Bonchev–Trinajstić information content (AvgIpc) is 2.67. The molecule has 2 aromatic rings. The highest BCUT2D eigenvalue weighted by atomic mass is 15.2. The second kappa shape index (κ2) is 4.94. The third-order valence-corrected chi connectivity index (χ3v) is 3.35. The third-order valence-electron chi connectivity index (χ3n) is 3.35. The first-order valence-corrected chi connectivity index (χ1v) is 6.34. The smallest absolute Gasteiger partial charge is 0.0644 e. The van der Waals surface area contributed by atoms with Crippen LogP contribution in [0.25, 0.3) is 0 Å². The van der Waals surface area contributed by atoms with Crippen LogP contribution in [0.15, 0.2) is 30.5 Å². The van der Waals surface area contributed by atoms with Gasteiger partial charge in [-0.1, -0.05) is 38.1 Å². The van der Waals surface area contributed by atoms with Gasteiger partial charge in [-0.25, -0.2) is 0 Å². The van der Waals surface area contributed by atoms with Crippen molar-refractivity contribution in [3.8, 4) is 0 Å². The van der Waals surface area contributed by atoms with Crippen LogP contribution in [0.5, 0.6) is 0 Å². The number of aromatic nitrogens is 2. The molecule has 0 fully saturated rings. The molecular formula is C15H21N3. The summed E-state index contributed by atoms with van der Waals surface area (Å²) in [7, 11) is 1.92. The van der Waals surface area contributed by atoms with Crippen LogP contribution in [-0.4, -0.2) is 9.78 Å². The zero-order valence-corrected chi connectivity index (χ0v) is 11.5. The Hall–Kier alpha value is -1.61. The van der Waals surface area contributed by atoms with Crippen molar-refractivity contribution in [2.45, 2.75) is 32.7 Å². The van der Waals surface area contributed by atoms with Crippen LogP contribution in [0.2, 0.25) is 0 Å². The molecular weight excluding hydrogens is 222 g/mol. The van der Waals surface area contributed by atoms with Crippen LogP contribution in [0, 0.1) is 6.92 Å². The molecule has 0 radical (unpaired) electrons. The molecule has 0 saturated heterocycles. The van der Waals surface area contributed by atoms with E-state index in [1.165, 1.54) is 5.56 Å². The van der Waals surface area contributed by atoms with Crippen LogP contribution in [-0.2, 0) is 7.05 Å². The van der Waals surface area contributed by atoms with Gasteiger partial charge in [0.25, 0.3) is 0 Å². The second-order valence-corrected chi connectivity index (χ2v) is 5.14. The van der Waals surface area contributed by atoms with Crippen LogP contribution in [0.1, 0.15) is 48.2 Å². The van der Waals surface area contributed by atoms with Crippen molar-refractivity contribution in [2.24, 2.45) is 12.8 Å². The Morgan fingerprint density at radius 3 is 2.11 bits per heavy atom. The van der Waals surface area contributed by atoms with Gasteiger partial charge < -0.3 is 5.73 Å². The highest BCUT2D eigenvalue weighted by Crippen LogP contribution is 2.23. The summed E-state index contributed by atoms with van der Waals surface area (Å²) in [4.78, 5) is 0. The lowest BCUT2D eigenvalue weighted by molar-refractivity contribution is 0.756. The molecule has 0 aliphatic rings. The van der Waals surface area contributed by atoms with Gasteiger partial charge in [-0.05, 0) is 24.0 Å². The van der Waals surface area contributed by atoms with Gasteiger partial charge in [0.1, 0.15) is 0 Å². The molecule has 2 N–H and O–H groups in total. The number of nitrogens with zero attached hydrogens (tertiary/aromatic N) is 2. The lowest BCUT2D eigenvalue weighted by Crippen LogP contribution is -2.12. The highest BCUT2D eigenvalue weighted by molar-refractivity contribution is 5.34. The minimum Gasteiger partial charge on any atom is -0.320 e. The van der Waals surface area contributed by atoms with Gasteiger partial charge in [0.2, 0.25) is 0 Å². The van der Waals surface area contributed by atoms with Gasteiger partial charge >= 0.3 is 0 Å². The van der Waals surface area contributed by atoms with Crippen LogP contribution < -0.4 is 5.73 Å². The lowest BCUT2D eigenvalue weighted by atomic mass is 9.96. The van der Waals surface area contributed by atoms with E-state index in [0.29, 0.717) is 5.92 Å². The molecule has 1 unspecified atom stereocenters. The predicted octanol–water partition coefficient (Wildman–Crippen LogP) is 2.90. The lowest BCUT2D eigenvalue weighted by Gasteiger charge is -2.13. The van der Waals surface area contributed by atoms with Crippen molar-refractivity contribution in [1.82, 2.24) is 9.78 Å². The van der Waals surface area contributed by atoms with Crippen molar-refractivity contribution in [1.29, 1.82) is 0 Å². The minimum atomic E-state index is -0.0973. The van der Waals surface area contributed by atoms with Crippen molar-refractivity contribution in [3.05, 3.63) is 52.8 Å². The predicted molar refractivity (Wildman–Crippen MR) is 74.5 cm³/mol. The molecule has 0 amide bonds.